The normalized spacial score (nSPS) is 18.0. The van der Waals surface area contributed by atoms with Crippen LogP contribution in [-0.4, -0.2) is 23.7 Å². The third kappa shape index (κ3) is 3.07. The molecule has 0 spiro atoms. The number of para-hydroxylation sites is 1. The zero-order chi connectivity index (χ0) is 14.7. The first kappa shape index (κ1) is 13.7. The Morgan fingerprint density at radius 2 is 2.24 bits per heavy atom. The second-order valence-corrected chi connectivity index (χ2v) is 5.34. The second kappa shape index (κ2) is 5.99. The Kier molecular flexibility index (Phi) is 3.90. The number of hydrogen-bond donors (Lipinski definition) is 1. The maximum Gasteiger partial charge on any atom is 0.243 e. The van der Waals surface area contributed by atoms with Gasteiger partial charge < -0.3 is 14.7 Å². The van der Waals surface area contributed by atoms with Crippen LogP contribution >= 0.6 is 0 Å². The van der Waals surface area contributed by atoms with Gasteiger partial charge >= 0.3 is 0 Å². The van der Waals surface area contributed by atoms with Crippen molar-refractivity contribution in [3.63, 3.8) is 0 Å². The number of carbonyl (C=O) groups is 1. The Labute approximate surface area is 123 Å². The molecule has 1 N–H and O–H groups in total. The van der Waals surface area contributed by atoms with Gasteiger partial charge in [-0.15, -0.1) is 0 Å². The molecule has 110 valence electrons. The second-order valence-electron chi connectivity index (χ2n) is 5.34. The third-order valence-electron chi connectivity index (χ3n) is 3.76. The molecule has 1 atom stereocenters. The molecule has 0 saturated carbocycles. The average molecular weight is 285 g/mol. The van der Waals surface area contributed by atoms with E-state index in [4.69, 9.17) is 4.52 Å². The van der Waals surface area contributed by atoms with E-state index in [0.29, 0.717) is 12.3 Å². The molecule has 2 aromatic rings. The van der Waals surface area contributed by atoms with E-state index in [-0.39, 0.29) is 11.9 Å². The zero-order valence-electron chi connectivity index (χ0n) is 12.1. The number of nitrogens with one attached hydrogen (secondary N) is 1. The average Bonchev–Trinajstić information content (AvgIpc) is 3.14. The largest absolute Gasteiger partial charge is 0.360 e. The molecule has 1 aliphatic rings. The fraction of sp³-hybridized carbons (Fsp3) is 0.375. The van der Waals surface area contributed by atoms with Gasteiger partial charge in [0, 0.05) is 18.3 Å². The molecule has 1 aromatic heterocycles. The van der Waals surface area contributed by atoms with E-state index in [1.54, 1.807) is 0 Å². The number of carbonyl (C=O) groups excluding carboxylic acids is 1. The maximum absolute atomic E-state index is 12.4. The number of aryl methyl sites for hydroxylation is 1. The van der Waals surface area contributed by atoms with E-state index in [1.165, 1.54) is 0 Å². The summed E-state index contributed by atoms with van der Waals surface area (Å²) in [7, 11) is 0. The molecule has 2 heterocycles. The SMILES string of the molecule is Cc1cc(CNC(=O)C2CCCN2c2ccccc2)on1. The molecular formula is C16H19N3O2. The fourth-order valence-electron chi connectivity index (χ4n) is 2.76. The monoisotopic (exact) mass is 285 g/mol. The number of benzene rings is 1. The van der Waals surface area contributed by atoms with E-state index in [9.17, 15) is 4.79 Å². The third-order valence-corrected chi connectivity index (χ3v) is 3.76. The van der Waals surface area contributed by atoms with Crippen LogP contribution in [0.25, 0.3) is 0 Å². The van der Waals surface area contributed by atoms with Gasteiger partial charge in [-0.25, -0.2) is 0 Å². The van der Waals surface area contributed by atoms with Crippen LogP contribution in [0.5, 0.6) is 0 Å². The van der Waals surface area contributed by atoms with Gasteiger partial charge in [0.1, 0.15) is 6.04 Å². The van der Waals surface area contributed by atoms with Crippen molar-refractivity contribution in [1.82, 2.24) is 10.5 Å². The molecule has 1 unspecified atom stereocenters. The smallest absolute Gasteiger partial charge is 0.243 e. The predicted molar refractivity (Wildman–Crippen MR) is 79.9 cm³/mol. The summed E-state index contributed by atoms with van der Waals surface area (Å²) in [6.45, 7) is 3.17. The lowest BCUT2D eigenvalue weighted by molar-refractivity contribution is -0.122. The van der Waals surface area contributed by atoms with Gasteiger partial charge in [-0.05, 0) is 31.9 Å². The van der Waals surface area contributed by atoms with E-state index >= 15 is 0 Å². The first-order valence-corrected chi connectivity index (χ1v) is 7.25. The van der Waals surface area contributed by atoms with Crippen LogP contribution < -0.4 is 10.2 Å². The summed E-state index contributed by atoms with van der Waals surface area (Å²) in [4.78, 5) is 14.6. The summed E-state index contributed by atoms with van der Waals surface area (Å²) in [5.41, 5.74) is 1.93. The minimum Gasteiger partial charge on any atom is -0.360 e. The van der Waals surface area contributed by atoms with E-state index in [0.717, 1.165) is 30.8 Å². The summed E-state index contributed by atoms with van der Waals surface area (Å²) >= 11 is 0. The van der Waals surface area contributed by atoms with Crippen LogP contribution in [0, 0.1) is 6.92 Å². The number of aromatic nitrogens is 1. The number of nitrogens with zero attached hydrogens (tertiary/aromatic N) is 2. The van der Waals surface area contributed by atoms with Crippen molar-refractivity contribution in [2.75, 3.05) is 11.4 Å². The lowest BCUT2D eigenvalue weighted by Gasteiger charge is -2.25. The van der Waals surface area contributed by atoms with Crippen LogP contribution in [0.4, 0.5) is 5.69 Å². The molecular weight excluding hydrogens is 266 g/mol. The van der Waals surface area contributed by atoms with E-state index in [2.05, 4.69) is 15.4 Å². The van der Waals surface area contributed by atoms with Crippen LogP contribution in [0.3, 0.4) is 0 Å². The van der Waals surface area contributed by atoms with Gasteiger partial charge in [0.15, 0.2) is 5.76 Å². The zero-order valence-corrected chi connectivity index (χ0v) is 12.1. The topological polar surface area (TPSA) is 58.4 Å². The van der Waals surface area contributed by atoms with Gasteiger partial charge in [-0.1, -0.05) is 23.4 Å². The van der Waals surface area contributed by atoms with Crippen LogP contribution in [0.15, 0.2) is 40.9 Å². The maximum atomic E-state index is 12.4. The van der Waals surface area contributed by atoms with Crippen molar-refractivity contribution < 1.29 is 9.32 Å². The van der Waals surface area contributed by atoms with Crippen LogP contribution in [-0.2, 0) is 11.3 Å². The molecule has 5 heteroatoms. The summed E-state index contributed by atoms with van der Waals surface area (Å²) in [5.74, 6) is 0.732. The molecule has 1 aliphatic heterocycles. The molecule has 0 aliphatic carbocycles. The predicted octanol–water partition coefficient (Wildman–Crippen LogP) is 2.27. The molecule has 0 bridgehead atoms. The number of hydrogen-bond acceptors (Lipinski definition) is 4. The number of anilines is 1. The minimum absolute atomic E-state index is 0.0467. The van der Waals surface area contributed by atoms with Gasteiger partial charge in [0.2, 0.25) is 5.91 Å². The molecule has 0 radical (unpaired) electrons. The first-order valence-electron chi connectivity index (χ1n) is 7.25. The van der Waals surface area contributed by atoms with Gasteiger partial charge in [0.25, 0.3) is 0 Å². The molecule has 5 nitrogen and oxygen atoms in total. The summed E-state index contributed by atoms with van der Waals surface area (Å²) < 4.78 is 5.11. The summed E-state index contributed by atoms with van der Waals surface area (Å²) in [6.07, 6.45) is 1.92. The first-order chi connectivity index (χ1) is 10.2. The molecule has 1 saturated heterocycles. The Morgan fingerprint density at radius 3 is 2.95 bits per heavy atom. The molecule has 1 fully saturated rings. The highest BCUT2D eigenvalue weighted by molar-refractivity contribution is 5.85. The van der Waals surface area contributed by atoms with Crippen LogP contribution in [0.2, 0.25) is 0 Å². The molecule has 3 rings (SSSR count). The highest BCUT2D eigenvalue weighted by Gasteiger charge is 2.30. The molecule has 1 aromatic carbocycles. The van der Waals surface area contributed by atoms with Gasteiger partial charge in [-0.2, -0.15) is 0 Å². The number of amides is 1. The van der Waals surface area contributed by atoms with Crippen LogP contribution in [0.1, 0.15) is 24.3 Å². The van der Waals surface area contributed by atoms with Crippen molar-refractivity contribution in [2.45, 2.75) is 32.4 Å². The van der Waals surface area contributed by atoms with Crippen molar-refractivity contribution in [2.24, 2.45) is 0 Å². The number of rotatable bonds is 4. The standard InChI is InChI=1S/C16H19N3O2/c1-12-10-14(21-18-12)11-17-16(20)15-8-5-9-19(15)13-6-3-2-4-7-13/h2-4,6-7,10,15H,5,8-9,11H2,1H3,(H,17,20). The molecule has 21 heavy (non-hydrogen) atoms. The van der Waals surface area contributed by atoms with Crippen molar-refractivity contribution in [3.05, 3.63) is 47.9 Å². The summed E-state index contributed by atoms with van der Waals surface area (Å²) in [5, 5.41) is 6.76. The molecule has 1 amide bonds. The van der Waals surface area contributed by atoms with Crippen molar-refractivity contribution >= 4 is 11.6 Å². The highest BCUT2D eigenvalue weighted by atomic mass is 16.5. The Bertz CT molecular complexity index is 609. The van der Waals surface area contributed by atoms with E-state index < -0.39 is 0 Å². The van der Waals surface area contributed by atoms with Crippen molar-refractivity contribution in [1.29, 1.82) is 0 Å². The Hall–Kier alpha value is -2.30. The van der Waals surface area contributed by atoms with E-state index in [1.807, 2.05) is 43.3 Å². The highest BCUT2D eigenvalue weighted by Crippen LogP contribution is 2.25. The lowest BCUT2D eigenvalue weighted by atomic mass is 10.2. The summed E-state index contributed by atoms with van der Waals surface area (Å²) in [6, 6.07) is 11.8. The van der Waals surface area contributed by atoms with Gasteiger partial charge in [-0.3, -0.25) is 4.79 Å². The fourth-order valence-corrected chi connectivity index (χ4v) is 2.76. The minimum atomic E-state index is -0.101. The van der Waals surface area contributed by atoms with Crippen molar-refractivity contribution in [3.8, 4) is 0 Å². The Balaban J connectivity index is 1.63. The van der Waals surface area contributed by atoms with Gasteiger partial charge in [0.05, 0.1) is 12.2 Å². The lowest BCUT2D eigenvalue weighted by Crippen LogP contribution is -2.43. The Morgan fingerprint density at radius 1 is 1.43 bits per heavy atom. The quantitative estimate of drug-likeness (QED) is 0.936.